The summed E-state index contributed by atoms with van der Waals surface area (Å²) in [5.41, 5.74) is 4.50. The predicted octanol–water partition coefficient (Wildman–Crippen LogP) is 7.55. The molecule has 0 unspecified atom stereocenters. The number of carbonyl (C=O) groups is 1. The van der Waals surface area contributed by atoms with E-state index in [-0.39, 0.29) is 21.4 Å². The summed E-state index contributed by atoms with van der Waals surface area (Å²) in [4.78, 5) is 12.9. The average molecular weight is 549 g/mol. The van der Waals surface area contributed by atoms with E-state index in [0.29, 0.717) is 17.3 Å². The third-order valence-electron chi connectivity index (χ3n) is 8.90. The number of carbonyl (C=O) groups excluding carboxylic acids is 1. The lowest BCUT2D eigenvalue weighted by molar-refractivity contribution is -0.00277. The monoisotopic (exact) mass is 548 g/mol. The molecule has 0 saturated heterocycles. The molecule has 0 radical (unpaired) electrons. The molecule has 0 heterocycles. The van der Waals surface area contributed by atoms with Gasteiger partial charge >= 0.3 is 0 Å². The minimum atomic E-state index is -4.00. The zero-order valence-electron chi connectivity index (χ0n) is 21.7. The van der Waals surface area contributed by atoms with E-state index in [9.17, 15) is 13.2 Å². The zero-order valence-corrected chi connectivity index (χ0v) is 23.3. The van der Waals surface area contributed by atoms with Gasteiger partial charge in [-0.1, -0.05) is 35.9 Å². The highest BCUT2D eigenvalue weighted by molar-refractivity contribution is 7.92. The van der Waals surface area contributed by atoms with Crippen LogP contribution in [0.4, 0.5) is 11.4 Å². The van der Waals surface area contributed by atoms with Gasteiger partial charge in [-0.3, -0.25) is 9.52 Å². The summed E-state index contributed by atoms with van der Waals surface area (Å²) in [6, 6.07) is 18.1. The third kappa shape index (κ3) is 4.85. The second-order valence-corrected chi connectivity index (χ2v) is 13.7. The Hall–Kier alpha value is -2.83. The van der Waals surface area contributed by atoms with Crippen LogP contribution in [0.1, 0.15) is 65.1 Å². The number of hydrogen-bond acceptors (Lipinski definition) is 3. The van der Waals surface area contributed by atoms with Gasteiger partial charge in [0.1, 0.15) is 4.90 Å². The number of sulfonamides is 1. The first kappa shape index (κ1) is 25.4. The molecule has 198 valence electrons. The molecule has 7 rings (SSSR count). The van der Waals surface area contributed by atoms with Crippen LogP contribution in [0.2, 0.25) is 5.02 Å². The molecule has 0 spiro atoms. The number of amides is 1. The van der Waals surface area contributed by atoms with Gasteiger partial charge in [-0.15, -0.1) is 0 Å². The molecule has 4 saturated carbocycles. The van der Waals surface area contributed by atoms with E-state index in [0.717, 1.165) is 34.8 Å². The summed E-state index contributed by atoms with van der Waals surface area (Å²) < 4.78 is 29.0. The molecule has 4 aliphatic rings. The lowest BCUT2D eigenvalue weighted by atomic mass is 9.51. The van der Waals surface area contributed by atoms with Gasteiger partial charge in [0.25, 0.3) is 15.9 Å². The first-order valence-corrected chi connectivity index (χ1v) is 15.3. The molecule has 0 aromatic heterocycles. The number of halogens is 1. The van der Waals surface area contributed by atoms with Crippen molar-refractivity contribution in [3.8, 4) is 0 Å². The molecule has 3 aromatic carbocycles. The number of nitrogens with one attached hydrogen (secondary N) is 2. The Morgan fingerprint density at radius 3 is 2.16 bits per heavy atom. The predicted molar refractivity (Wildman–Crippen MR) is 152 cm³/mol. The van der Waals surface area contributed by atoms with Gasteiger partial charge in [0.05, 0.1) is 10.7 Å². The first-order valence-electron chi connectivity index (χ1n) is 13.5. The van der Waals surface area contributed by atoms with E-state index in [4.69, 9.17) is 11.6 Å². The molecule has 0 aliphatic heterocycles. The van der Waals surface area contributed by atoms with Gasteiger partial charge in [0.15, 0.2) is 0 Å². The number of anilines is 2. The van der Waals surface area contributed by atoms with Crippen LogP contribution in [-0.2, 0) is 10.0 Å². The van der Waals surface area contributed by atoms with Crippen LogP contribution in [0.25, 0.3) is 0 Å². The van der Waals surface area contributed by atoms with Crippen molar-refractivity contribution in [2.45, 2.75) is 56.8 Å². The molecule has 4 bridgehead atoms. The highest BCUT2D eigenvalue weighted by Gasteiger charge is 2.48. The molecule has 3 aromatic rings. The molecule has 2 N–H and O–H groups in total. The smallest absolute Gasteiger partial charge is 0.263 e. The van der Waals surface area contributed by atoms with Crippen molar-refractivity contribution in [2.75, 3.05) is 10.0 Å². The van der Waals surface area contributed by atoms with Crippen molar-refractivity contribution in [3.05, 3.63) is 87.9 Å². The van der Waals surface area contributed by atoms with E-state index in [2.05, 4.69) is 22.2 Å². The van der Waals surface area contributed by atoms with Crippen LogP contribution in [0, 0.1) is 37.5 Å². The van der Waals surface area contributed by atoms with Gasteiger partial charge in [0, 0.05) is 11.3 Å². The van der Waals surface area contributed by atoms with Crippen molar-refractivity contribution in [2.24, 2.45) is 23.7 Å². The second-order valence-electron chi connectivity index (χ2n) is 11.6. The minimum Gasteiger partial charge on any atom is -0.322 e. The molecule has 1 amide bonds. The van der Waals surface area contributed by atoms with Gasteiger partial charge < -0.3 is 5.32 Å². The Balaban J connectivity index is 1.18. The molecule has 4 fully saturated rings. The molecule has 38 heavy (non-hydrogen) atoms. The van der Waals surface area contributed by atoms with Gasteiger partial charge in [0.2, 0.25) is 0 Å². The standard InChI is InChI=1S/C31H33ClN2O3S/c1-18-3-4-19(2)28(11-18)34-38(36,37)29-17-23(7-10-27(29)32)31(35)33-26-8-5-22(6-9-26)30-24-13-20-12-21(15-24)16-25(30)14-20/h3-11,17,20-21,24-25,30,34H,12-16H2,1-2H3,(H,33,35). The Bertz CT molecular complexity index is 1470. The summed E-state index contributed by atoms with van der Waals surface area (Å²) in [6.07, 6.45) is 6.93. The topological polar surface area (TPSA) is 75.3 Å². The molecule has 5 nitrogen and oxygen atoms in total. The summed E-state index contributed by atoms with van der Waals surface area (Å²) in [6.45, 7) is 3.72. The number of benzene rings is 3. The van der Waals surface area contributed by atoms with Crippen molar-refractivity contribution >= 4 is 38.9 Å². The zero-order chi connectivity index (χ0) is 26.6. The lowest BCUT2D eigenvalue weighted by Crippen LogP contribution is -2.43. The molecule has 4 aliphatic carbocycles. The Labute approximate surface area is 230 Å². The van der Waals surface area contributed by atoms with Crippen molar-refractivity contribution in [3.63, 3.8) is 0 Å². The van der Waals surface area contributed by atoms with Gasteiger partial charge in [-0.25, -0.2) is 8.42 Å². The minimum absolute atomic E-state index is 0.0550. The van der Waals surface area contributed by atoms with Crippen molar-refractivity contribution < 1.29 is 13.2 Å². The normalized spacial score (nSPS) is 25.8. The van der Waals surface area contributed by atoms with Crippen LogP contribution in [0.5, 0.6) is 0 Å². The fraction of sp³-hybridized carbons (Fsp3) is 0.387. The van der Waals surface area contributed by atoms with Crippen LogP contribution in [0.3, 0.4) is 0 Å². The average Bonchev–Trinajstić information content (AvgIpc) is 2.86. The van der Waals surface area contributed by atoms with Crippen LogP contribution in [-0.4, -0.2) is 14.3 Å². The quantitative estimate of drug-likeness (QED) is 0.334. The first-order chi connectivity index (χ1) is 18.2. The summed E-state index contributed by atoms with van der Waals surface area (Å²) in [5.74, 6) is 3.75. The van der Waals surface area contributed by atoms with Crippen LogP contribution in [0.15, 0.2) is 65.6 Å². The fourth-order valence-electron chi connectivity index (χ4n) is 7.36. The van der Waals surface area contributed by atoms with E-state index in [1.54, 1.807) is 6.07 Å². The number of aryl methyl sites for hydroxylation is 2. The van der Waals surface area contributed by atoms with E-state index in [1.165, 1.54) is 55.9 Å². The molecule has 7 heteroatoms. The highest BCUT2D eigenvalue weighted by atomic mass is 35.5. The Morgan fingerprint density at radius 1 is 0.842 bits per heavy atom. The van der Waals surface area contributed by atoms with Crippen LogP contribution < -0.4 is 10.0 Å². The Morgan fingerprint density at radius 2 is 1.50 bits per heavy atom. The highest BCUT2D eigenvalue weighted by Crippen LogP contribution is 2.59. The van der Waals surface area contributed by atoms with Gasteiger partial charge in [-0.2, -0.15) is 0 Å². The van der Waals surface area contributed by atoms with Crippen LogP contribution >= 0.6 is 11.6 Å². The summed E-state index contributed by atoms with van der Waals surface area (Å²) in [7, 11) is -4.00. The van der Waals surface area contributed by atoms with Crippen molar-refractivity contribution in [1.29, 1.82) is 0 Å². The maximum atomic E-state index is 13.2. The SMILES string of the molecule is Cc1ccc(C)c(NS(=O)(=O)c2cc(C(=O)Nc3ccc(C4C5CC6CC(C5)CC4C6)cc3)ccc2Cl)c1. The molecular formula is C31H33ClN2O3S. The summed E-state index contributed by atoms with van der Waals surface area (Å²) in [5, 5.41) is 2.98. The summed E-state index contributed by atoms with van der Waals surface area (Å²) >= 11 is 6.28. The van der Waals surface area contributed by atoms with E-state index < -0.39 is 10.0 Å². The van der Waals surface area contributed by atoms with Gasteiger partial charge in [-0.05, 0) is 129 Å². The maximum absolute atomic E-state index is 13.2. The Kier molecular flexibility index (Phi) is 6.51. The largest absolute Gasteiger partial charge is 0.322 e. The molecule has 0 atom stereocenters. The fourth-order valence-corrected chi connectivity index (χ4v) is 9.01. The maximum Gasteiger partial charge on any atom is 0.263 e. The van der Waals surface area contributed by atoms with E-state index >= 15 is 0 Å². The van der Waals surface area contributed by atoms with E-state index in [1.807, 2.05) is 38.1 Å². The third-order valence-corrected chi connectivity index (χ3v) is 10.7. The molecular weight excluding hydrogens is 516 g/mol. The second kappa shape index (κ2) is 9.73. The van der Waals surface area contributed by atoms with Crippen molar-refractivity contribution in [1.82, 2.24) is 0 Å². The number of rotatable bonds is 6. The number of hydrogen-bond donors (Lipinski definition) is 2. The lowest BCUT2D eigenvalue weighted by Gasteiger charge is -2.54.